The van der Waals surface area contributed by atoms with Crippen molar-refractivity contribution >= 4 is 16.9 Å². The van der Waals surface area contributed by atoms with E-state index in [0.29, 0.717) is 62.4 Å². The minimum absolute atomic E-state index is 0.242. The molecule has 2 aromatic heterocycles. The fourth-order valence-corrected chi connectivity index (χ4v) is 6.66. The molecule has 0 atom stereocenters. The molecule has 6 rings (SSSR count). The number of nitrogens with zero attached hydrogens (tertiary/aromatic N) is 3. The summed E-state index contributed by atoms with van der Waals surface area (Å²) in [5.41, 5.74) is 7.01. The van der Waals surface area contributed by atoms with Gasteiger partial charge in [-0.3, -0.25) is 4.68 Å². The summed E-state index contributed by atoms with van der Waals surface area (Å²) >= 11 is 0. The number of aryl methyl sites for hydroxylation is 4. The average molecular weight is 546 g/mol. The normalized spacial score (nSPS) is 15.1. The van der Waals surface area contributed by atoms with Crippen molar-refractivity contribution in [2.24, 2.45) is 7.05 Å². The largest absolute Gasteiger partial charge is 0.493 e. The van der Waals surface area contributed by atoms with Crippen molar-refractivity contribution in [3.8, 4) is 16.9 Å². The molecule has 8 heteroatoms. The van der Waals surface area contributed by atoms with E-state index < -0.39 is 5.97 Å². The molecule has 0 saturated heterocycles. The van der Waals surface area contributed by atoms with Gasteiger partial charge < -0.3 is 19.1 Å². The quantitative estimate of drug-likeness (QED) is 0.278. The minimum Gasteiger partial charge on any atom is -0.493 e. The van der Waals surface area contributed by atoms with E-state index in [9.17, 15) is 9.90 Å². The van der Waals surface area contributed by atoms with Gasteiger partial charge in [0.05, 0.1) is 24.4 Å². The maximum Gasteiger partial charge on any atom is 0.352 e. The Balaban J connectivity index is 1.43. The molecule has 2 aliphatic rings. The number of carboxylic acid groups (broad SMARTS) is 1. The summed E-state index contributed by atoms with van der Waals surface area (Å²) in [5, 5.41) is 15.9. The molecule has 1 N–H and O–H groups in total. The van der Waals surface area contributed by atoms with Gasteiger partial charge in [-0.2, -0.15) is 5.10 Å². The zero-order valence-corrected chi connectivity index (χ0v) is 23.3. The van der Waals surface area contributed by atoms with Crippen LogP contribution in [0.15, 0.2) is 30.3 Å². The molecule has 1 aliphatic heterocycles. The summed E-state index contributed by atoms with van der Waals surface area (Å²) in [7, 11) is 1.87. The summed E-state index contributed by atoms with van der Waals surface area (Å²) < 4.78 is 31.6. The van der Waals surface area contributed by atoms with Crippen LogP contribution in [0.3, 0.4) is 0 Å². The van der Waals surface area contributed by atoms with Gasteiger partial charge >= 0.3 is 5.97 Å². The Hall–Kier alpha value is -3.65. The van der Waals surface area contributed by atoms with Crippen LogP contribution in [0, 0.1) is 5.82 Å². The number of benzene rings is 2. The van der Waals surface area contributed by atoms with E-state index in [2.05, 4.69) is 11.2 Å². The van der Waals surface area contributed by atoms with Crippen LogP contribution in [0.1, 0.15) is 71.2 Å². The number of hydrogen-bond acceptors (Lipinski definition) is 4. The molecule has 0 amide bonds. The van der Waals surface area contributed by atoms with E-state index >= 15 is 4.39 Å². The summed E-state index contributed by atoms with van der Waals surface area (Å²) in [5.74, 6) is -0.431. The van der Waals surface area contributed by atoms with Crippen molar-refractivity contribution in [1.29, 1.82) is 0 Å². The molecular weight excluding hydrogens is 509 g/mol. The van der Waals surface area contributed by atoms with Gasteiger partial charge in [-0.1, -0.05) is 19.1 Å². The average Bonchev–Trinajstić information content (AvgIpc) is 3.62. The molecular formula is C32H36FN3O4. The second-order valence-electron chi connectivity index (χ2n) is 10.8. The molecule has 0 bridgehead atoms. The molecule has 0 spiro atoms. The lowest BCUT2D eigenvalue weighted by Crippen LogP contribution is -2.12. The Morgan fingerprint density at radius 3 is 2.85 bits per heavy atom. The predicted octanol–water partition coefficient (Wildman–Crippen LogP) is 6.25. The van der Waals surface area contributed by atoms with Crippen LogP contribution in [0.5, 0.6) is 5.75 Å². The summed E-state index contributed by atoms with van der Waals surface area (Å²) in [6, 6.07) is 9.46. The number of carboxylic acids is 1. The first-order chi connectivity index (χ1) is 19.5. The fraction of sp³-hybridized carbons (Fsp3) is 0.438. The molecule has 1 aliphatic carbocycles. The van der Waals surface area contributed by atoms with Gasteiger partial charge in [0.25, 0.3) is 0 Å². The van der Waals surface area contributed by atoms with E-state index in [4.69, 9.17) is 9.47 Å². The van der Waals surface area contributed by atoms with Gasteiger partial charge in [0.15, 0.2) is 0 Å². The van der Waals surface area contributed by atoms with Crippen LogP contribution in [0.4, 0.5) is 4.39 Å². The minimum atomic E-state index is -0.993. The number of hydrogen-bond donors (Lipinski definition) is 1. The van der Waals surface area contributed by atoms with E-state index in [-0.39, 0.29) is 11.5 Å². The number of carbonyl (C=O) groups is 1. The Labute approximate surface area is 233 Å². The SMILES string of the molecule is CCc1c2c(nn1C)COCCCCn1c(C(=O)O)c(CCCOc3cccc4c3CCC4)c3ccc(F)c-2c31. The van der Waals surface area contributed by atoms with Gasteiger partial charge in [0.1, 0.15) is 17.3 Å². The molecule has 40 heavy (non-hydrogen) atoms. The third-order valence-corrected chi connectivity index (χ3v) is 8.39. The maximum atomic E-state index is 15.9. The number of fused-ring (bicyclic) bond motifs is 3. The van der Waals surface area contributed by atoms with Crippen LogP contribution in [-0.2, 0) is 50.6 Å². The molecule has 0 fully saturated rings. The predicted molar refractivity (Wildman–Crippen MR) is 152 cm³/mol. The lowest BCUT2D eigenvalue weighted by atomic mass is 9.96. The molecule has 7 nitrogen and oxygen atoms in total. The van der Waals surface area contributed by atoms with Crippen LogP contribution < -0.4 is 4.74 Å². The number of aromatic carboxylic acids is 1. The van der Waals surface area contributed by atoms with Gasteiger partial charge in [-0.05, 0) is 86.3 Å². The molecule has 4 aromatic rings. The summed E-state index contributed by atoms with van der Waals surface area (Å²) in [6.45, 7) is 3.81. The number of rotatable bonds is 7. The summed E-state index contributed by atoms with van der Waals surface area (Å²) in [6.07, 6.45) is 6.63. The Morgan fingerprint density at radius 2 is 2.02 bits per heavy atom. The monoisotopic (exact) mass is 545 g/mol. The van der Waals surface area contributed by atoms with Crippen molar-refractivity contribution in [3.63, 3.8) is 0 Å². The number of ether oxygens (including phenoxy) is 2. The lowest BCUT2D eigenvalue weighted by molar-refractivity contribution is 0.0683. The maximum absolute atomic E-state index is 15.9. The molecule has 0 radical (unpaired) electrons. The van der Waals surface area contributed by atoms with Gasteiger partial charge in [0, 0.05) is 42.4 Å². The fourth-order valence-electron chi connectivity index (χ4n) is 6.66. The van der Waals surface area contributed by atoms with Crippen molar-refractivity contribution in [3.05, 3.63) is 69.9 Å². The van der Waals surface area contributed by atoms with Gasteiger partial charge in [-0.25, -0.2) is 9.18 Å². The Kier molecular flexibility index (Phi) is 7.36. The van der Waals surface area contributed by atoms with Gasteiger partial charge in [-0.15, -0.1) is 0 Å². The zero-order valence-electron chi connectivity index (χ0n) is 23.3. The first kappa shape index (κ1) is 26.6. The third-order valence-electron chi connectivity index (χ3n) is 8.39. The molecule has 3 heterocycles. The van der Waals surface area contributed by atoms with E-state index in [1.165, 1.54) is 17.2 Å². The topological polar surface area (TPSA) is 78.5 Å². The second kappa shape index (κ2) is 11.1. The first-order valence-electron chi connectivity index (χ1n) is 14.4. The van der Waals surface area contributed by atoms with E-state index in [0.717, 1.165) is 60.1 Å². The lowest BCUT2D eigenvalue weighted by Gasteiger charge is -2.13. The molecule has 210 valence electrons. The van der Waals surface area contributed by atoms with E-state index in [1.54, 1.807) is 10.7 Å². The van der Waals surface area contributed by atoms with Gasteiger partial charge in [0.2, 0.25) is 0 Å². The number of aromatic nitrogens is 3. The van der Waals surface area contributed by atoms with E-state index in [1.807, 2.05) is 30.7 Å². The highest BCUT2D eigenvalue weighted by Crippen LogP contribution is 2.41. The second-order valence-corrected chi connectivity index (χ2v) is 10.8. The highest BCUT2D eigenvalue weighted by atomic mass is 19.1. The first-order valence-corrected chi connectivity index (χ1v) is 14.4. The number of halogens is 1. The molecule has 0 unspecified atom stereocenters. The highest BCUT2D eigenvalue weighted by Gasteiger charge is 2.29. The van der Waals surface area contributed by atoms with Crippen molar-refractivity contribution in [2.45, 2.75) is 71.4 Å². The summed E-state index contributed by atoms with van der Waals surface area (Å²) in [4.78, 5) is 12.8. The van der Waals surface area contributed by atoms with Crippen molar-refractivity contribution < 1.29 is 23.8 Å². The van der Waals surface area contributed by atoms with Crippen molar-refractivity contribution in [2.75, 3.05) is 13.2 Å². The molecule has 0 saturated carbocycles. The molecule has 2 aromatic carbocycles. The van der Waals surface area contributed by atoms with Crippen LogP contribution in [-0.4, -0.2) is 38.6 Å². The van der Waals surface area contributed by atoms with Crippen LogP contribution in [0.2, 0.25) is 0 Å². The Morgan fingerprint density at radius 1 is 1.15 bits per heavy atom. The Bertz CT molecular complexity index is 1590. The zero-order chi connectivity index (χ0) is 27.8. The third kappa shape index (κ3) is 4.58. The highest BCUT2D eigenvalue weighted by molar-refractivity contribution is 6.04. The standard InChI is InChI=1S/C32H36FN3O4/c1-3-26-29-25(34-35(26)2)19-39-17-5-4-16-36-30-23(14-15-24(33)28(29)30)22(31(36)32(37)38)12-8-18-40-27-13-7-10-20-9-6-11-21(20)27/h7,10,13-15H,3-6,8-9,11-12,16-19H2,1-2H3,(H,37,38). The van der Waals surface area contributed by atoms with Crippen LogP contribution >= 0.6 is 0 Å². The van der Waals surface area contributed by atoms with Crippen LogP contribution in [0.25, 0.3) is 22.0 Å². The smallest absolute Gasteiger partial charge is 0.352 e. The van der Waals surface area contributed by atoms with Crippen molar-refractivity contribution in [1.82, 2.24) is 14.3 Å².